The Morgan fingerprint density at radius 3 is 2.48 bits per heavy atom. The third kappa shape index (κ3) is 6.13. The molecule has 0 unspecified atom stereocenters. The number of ether oxygens (including phenoxy) is 1. The molecule has 0 aliphatic carbocycles. The minimum Gasteiger partial charge on any atom is -0.496 e. The van der Waals surface area contributed by atoms with Gasteiger partial charge in [0.1, 0.15) is 12.3 Å². The van der Waals surface area contributed by atoms with Crippen molar-refractivity contribution in [3.63, 3.8) is 0 Å². The summed E-state index contributed by atoms with van der Waals surface area (Å²) in [5, 5.41) is 13.4. The van der Waals surface area contributed by atoms with Gasteiger partial charge in [-0.3, -0.25) is 14.4 Å². The van der Waals surface area contributed by atoms with E-state index in [-0.39, 0.29) is 13.0 Å². The summed E-state index contributed by atoms with van der Waals surface area (Å²) < 4.78 is 5.11. The smallest absolute Gasteiger partial charge is 0.322 e. The molecule has 0 aliphatic heterocycles. The molecular formula is C13H15ClN2O5. The first-order valence-electron chi connectivity index (χ1n) is 6.00. The summed E-state index contributed by atoms with van der Waals surface area (Å²) in [7, 11) is 1.48. The topological polar surface area (TPSA) is 105 Å². The highest BCUT2D eigenvalue weighted by molar-refractivity contribution is 6.30. The summed E-state index contributed by atoms with van der Waals surface area (Å²) in [6.07, 6.45) is -0.00402. The van der Waals surface area contributed by atoms with Gasteiger partial charge in [-0.2, -0.15) is 0 Å². The number of nitrogens with one attached hydrogen (secondary N) is 2. The second-order valence-corrected chi connectivity index (χ2v) is 4.52. The Labute approximate surface area is 126 Å². The van der Waals surface area contributed by atoms with E-state index in [1.807, 2.05) is 0 Å². The number of hydrogen-bond acceptors (Lipinski definition) is 4. The fourth-order valence-electron chi connectivity index (χ4n) is 1.54. The minimum atomic E-state index is -1.15. The number of carboxylic acids is 1. The van der Waals surface area contributed by atoms with Gasteiger partial charge in [0.15, 0.2) is 0 Å². The number of benzene rings is 1. The molecule has 0 atom stereocenters. The van der Waals surface area contributed by atoms with Crippen molar-refractivity contribution in [2.45, 2.75) is 6.42 Å². The molecule has 21 heavy (non-hydrogen) atoms. The largest absolute Gasteiger partial charge is 0.496 e. The quantitative estimate of drug-likeness (QED) is 0.667. The van der Waals surface area contributed by atoms with E-state index in [1.165, 1.54) is 7.11 Å². The van der Waals surface area contributed by atoms with E-state index in [9.17, 15) is 14.4 Å². The van der Waals surface area contributed by atoms with Crippen molar-refractivity contribution in [3.05, 3.63) is 28.8 Å². The van der Waals surface area contributed by atoms with Crippen LogP contribution >= 0.6 is 11.6 Å². The molecule has 1 aromatic carbocycles. The van der Waals surface area contributed by atoms with Crippen LogP contribution in [0.15, 0.2) is 18.2 Å². The molecule has 0 heterocycles. The number of carbonyl (C=O) groups is 3. The lowest BCUT2D eigenvalue weighted by Gasteiger charge is -2.09. The molecule has 1 aromatic rings. The van der Waals surface area contributed by atoms with Gasteiger partial charge in [-0.15, -0.1) is 0 Å². The van der Waals surface area contributed by atoms with E-state index < -0.39 is 24.3 Å². The van der Waals surface area contributed by atoms with E-state index in [2.05, 4.69) is 10.6 Å². The highest BCUT2D eigenvalue weighted by Crippen LogP contribution is 2.22. The summed E-state index contributed by atoms with van der Waals surface area (Å²) in [5.41, 5.74) is 0.591. The maximum Gasteiger partial charge on any atom is 0.322 e. The van der Waals surface area contributed by atoms with Crippen LogP contribution in [0.3, 0.4) is 0 Å². The van der Waals surface area contributed by atoms with Crippen molar-refractivity contribution in [2.24, 2.45) is 0 Å². The molecule has 3 N–H and O–H groups in total. The highest BCUT2D eigenvalue weighted by Gasteiger charge is 2.11. The maximum absolute atomic E-state index is 11.7. The molecule has 0 spiro atoms. The number of hydrogen-bond donors (Lipinski definition) is 3. The zero-order valence-corrected chi connectivity index (χ0v) is 12.1. The summed E-state index contributed by atoms with van der Waals surface area (Å²) in [4.78, 5) is 33.2. The lowest BCUT2D eigenvalue weighted by Crippen LogP contribution is -2.39. The molecule has 0 aromatic heterocycles. The van der Waals surface area contributed by atoms with Crippen molar-refractivity contribution in [2.75, 3.05) is 20.2 Å². The van der Waals surface area contributed by atoms with Crippen LogP contribution in [0.1, 0.15) is 5.56 Å². The summed E-state index contributed by atoms with van der Waals surface area (Å²) in [5.74, 6) is -1.62. The van der Waals surface area contributed by atoms with Crippen molar-refractivity contribution >= 4 is 29.4 Å². The lowest BCUT2D eigenvalue weighted by molar-refractivity contribution is -0.137. The van der Waals surface area contributed by atoms with Crippen molar-refractivity contribution < 1.29 is 24.2 Å². The number of carbonyl (C=O) groups excluding carboxylic acids is 2. The van der Waals surface area contributed by atoms with E-state index >= 15 is 0 Å². The van der Waals surface area contributed by atoms with E-state index in [4.69, 9.17) is 21.4 Å². The Hall–Kier alpha value is -2.28. The monoisotopic (exact) mass is 314 g/mol. The van der Waals surface area contributed by atoms with Gasteiger partial charge in [0.2, 0.25) is 11.8 Å². The number of halogens is 1. The van der Waals surface area contributed by atoms with Gasteiger partial charge in [0.05, 0.1) is 20.1 Å². The van der Waals surface area contributed by atoms with Crippen LogP contribution in [0.25, 0.3) is 0 Å². The molecule has 0 saturated carbocycles. The zero-order valence-electron chi connectivity index (χ0n) is 11.3. The molecule has 114 valence electrons. The molecule has 0 aliphatic rings. The Morgan fingerprint density at radius 2 is 1.86 bits per heavy atom. The fourth-order valence-corrected chi connectivity index (χ4v) is 1.73. The van der Waals surface area contributed by atoms with Crippen LogP contribution < -0.4 is 15.4 Å². The van der Waals surface area contributed by atoms with E-state index in [0.29, 0.717) is 16.3 Å². The van der Waals surface area contributed by atoms with Crippen molar-refractivity contribution in [3.8, 4) is 5.75 Å². The standard InChI is InChI=1S/C13H15ClN2O5/c1-21-10-3-2-9(14)4-8(10)5-11(17)15-6-12(18)16-7-13(19)20/h2-4H,5-7H2,1H3,(H,15,17)(H,16,18)(H,19,20). The van der Waals surface area contributed by atoms with E-state index in [0.717, 1.165) is 0 Å². The molecule has 8 heteroatoms. The SMILES string of the molecule is COc1ccc(Cl)cc1CC(=O)NCC(=O)NCC(=O)O. The van der Waals surface area contributed by atoms with Gasteiger partial charge in [0.25, 0.3) is 0 Å². The fraction of sp³-hybridized carbons (Fsp3) is 0.308. The Bertz CT molecular complexity index is 547. The molecule has 1 rings (SSSR count). The normalized spacial score (nSPS) is 9.81. The maximum atomic E-state index is 11.7. The number of amides is 2. The van der Waals surface area contributed by atoms with Gasteiger partial charge < -0.3 is 20.5 Å². The van der Waals surface area contributed by atoms with Gasteiger partial charge in [-0.05, 0) is 18.2 Å². The molecule has 0 bridgehead atoms. The molecule has 2 amide bonds. The second-order valence-electron chi connectivity index (χ2n) is 4.08. The Kier molecular flexibility index (Phi) is 6.48. The third-order valence-electron chi connectivity index (χ3n) is 2.48. The first-order valence-corrected chi connectivity index (χ1v) is 6.37. The summed E-state index contributed by atoms with van der Waals surface area (Å²) in [6, 6.07) is 4.89. The summed E-state index contributed by atoms with van der Waals surface area (Å²) in [6.45, 7) is -0.786. The highest BCUT2D eigenvalue weighted by atomic mass is 35.5. The predicted molar refractivity (Wildman–Crippen MR) is 75.4 cm³/mol. The number of aliphatic carboxylic acids is 1. The third-order valence-corrected chi connectivity index (χ3v) is 2.71. The molecule has 0 radical (unpaired) electrons. The van der Waals surface area contributed by atoms with Gasteiger partial charge in [-0.1, -0.05) is 11.6 Å². The van der Waals surface area contributed by atoms with Crippen LogP contribution in [-0.2, 0) is 20.8 Å². The molecule has 0 fully saturated rings. The molecule has 7 nitrogen and oxygen atoms in total. The number of methoxy groups -OCH3 is 1. The minimum absolute atomic E-state index is 0.00402. The Morgan fingerprint density at radius 1 is 1.19 bits per heavy atom. The zero-order chi connectivity index (χ0) is 15.8. The summed E-state index contributed by atoms with van der Waals surface area (Å²) >= 11 is 5.85. The van der Waals surface area contributed by atoms with Gasteiger partial charge >= 0.3 is 5.97 Å². The van der Waals surface area contributed by atoms with Gasteiger partial charge in [0, 0.05) is 10.6 Å². The van der Waals surface area contributed by atoms with Crippen LogP contribution in [0.4, 0.5) is 0 Å². The Balaban J connectivity index is 2.49. The lowest BCUT2D eigenvalue weighted by atomic mass is 10.1. The average molecular weight is 315 g/mol. The van der Waals surface area contributed by atoms with Crippen molar-refractivity contribution in [1.29, 1.82) is 0 Å². The first-order chi connectivity index (χ1) is 9.92. The molecule has 0 saturated heterocycles. The van der Waals surface area contributed by atoms with Gasteiger partial charge in [-0.25, -0.2) is 0 Å². The number of rotatable bonds is 7. The van der Waals surface area contributed by atoms with Crippen molar-refractivity contribution in [1.82, 2.24) is 10.6 Å². The second kappa shape index (κ2) is 8.11. The van der Waals surface area contributed by atoms with E-state index in [1.54, 1.807) is 18.2 Å². The van der Waals surface area contributed by atoms with Crippen LogP contribution in [0, 0.1) is 0 Å². The van der Waals surface area contributed by atoms with Crippen LogP contribution in [-0.4, -0.2) is 43.1 Å². The predicted octanol–water partition coefficient (Wildman–Crippen LogP) is 0.208. The first kappa shape index (κ1) is 16.8. The van der Waals surface area contributed by atoms with Crippen LogP contribution in [0.5, 0.6) is 5.75 Å². The molecular weight excluding hydrogens is 300 g/mol. The van der Waals surface area contributed by atoms with Crippen LogP contribution in [0.2, 0.25) is 5.02 Å². The average Bonchev–Trinajstić information content (AvgIpc) is 2.43. The number of carboxylic acid groups (broad SMARTS) is 1.